The molecule has 2 aromatic carbocycles. The molecule has 0 spiro atoms. The van der Waals surface area contributed by atoms with Crippen LogP contribution in [0.25, 0.3) is 6.08 Å². The van der Waals surface area contributed by atoms with Gasteiger partial charge in [-0.1, -0.05) is 32.0 Å². The summed E-state index contributed by atoms with van der Waals surface area (Å²) in [6, 6.07) is 12.8. The van der Waals surface area contributed by atoms with Crippen molar-refractivity contribution < 1.29 is 32.2 Å². The van der Waals surface area contributed by atoms with Gasteiger partial charge in [-0.05, 0) is 65.6 Å². The van der Waals surface area contributed by atoms with E-state index in [1.807, 2.05) is 24.3 Å². The molecule has 0 unspecified atom stereocenters. The molecule has 200 valence electrons. The number of halogens is 3. The van der Waals surface area contributed by atoms with E-state index in [2.05, 4.69) is 23.9 Å². The molecule has 4 rings (SSSR count). The number of hydrazone groups is 1. The second-order valence-corrected chi connectivity index (χ2v) is 9.36. The van der Waals surface area contributed by atoms with E-state index in [0.717, 1.165) is 12.2 Å². The Morgan fingerprint density at radius 3 is 2.47 bits per heavy atom. The van der Waals surface area contributed by atoms with E-state index in [0.29, 0.717) is 34.6 Å². The van der Waals surface area contributed by atoms with Crippen LogP contribution in [-0.4, -0.2) is 53.5 Å². The zero-order chi connectivity index (χ0) is 27.4. The van der Waals surface area contributed by atoms with Gasteiger partial charge in [-0.25, -0.2) is 0 Å². The highest BCUT2D eigenvalue weighted by Gasteiger charge is 2.46. The summed E-state index contributed by atoms with van der Waals surface area (Å²) in [6.07, 6.45) is -2.30. The van der Waals surface area contributed by atoms with Crippen LogP contribution >= 0.6 is 11.8 Å². The molecule has 2 heterocycles. The maximum Gasteiger partial charge on any atom is 0.441 e. The van der Waals surface area contributed by atoms with Crippen molar-refractivity contribution in [2.45, 2.75) is 32.4 Å². The number of methoxy groups -OCH3 is 1. The highest BCUT2D eigenvalue weighted by atomic mass is 32.2. The lowest BCUT2D eigenvalue weighted by Crippen LogP contribution is -2.35. The van der Waals surface area contributed by atoms with Crippen LogP contribution in [0.2, 0.25) is 0 Å². The van der Waals surface area contributed by atoms with Crippen LogP contribution in [0.15, 0.2) is 58.1 Å². The third kappa shape index (κ3) is 6.01. The summed E-state index contributed by atoms with van der Waals surface area (Å²) in [5, 5.41) is 10.8. The van der Waals surface area contributed by atoms with Crippen LogP contribution in [-0.2, 0) is 4.79 Å². The molecule has 2 aliphatic rings. The minimum atomic E-state index is -4.70. The first kappa shape index (κ1) is 27.2. The Morgan fingerprint density at radius 2 is 1.82 bits per heavy atom. The summed E-state index contributed by atoms with van der Waals surface area (Å²) in [7, 11) is 1.45. The van der Waals surface area contributed by atoms with Gasteiger partial charge in [0.05, 0.1) is 12.7 Å². The van der Waals surface area contributed by atoms with Gasteiger partial charge in [0.15, 0.2) is 17.3 Å². The Bertz CT molecular complexity index is 1320. The predicted molar refractivity (Wildman–Crippen MR) is 140 cm³/mol. The molecule has 1 N–H and O–H groups in total. The standard InChI is InChI=1S/C26H25F3N4O4S/c1-4-15(2)17-6-8-18(9-7-17)36-11-12-37-20-10-5-16(14-21(20)35-3)13-19-22(30)33-25(31-23(19)34)38-24(32-33)26(27,28)29/h5-10,13-15,30H,4,11-12H2,1-3H3/b19-13+,30-22?/t15-/m0/s1. The highest BCUT2D eigenvalue weighted by molar-refractivity contribution is 8.27. The summed E-state index contributed by atoms with van der Waals surface area (Å²) in [5.41, 5.74) is 1.52. The van der Waals surface area contributed by atoms with E-state index in [-0.39, 0.29) is 29.1 Å². The van der Waals surface area contributed by atoms with Crippen molar-refractivity contribution >= 4 is 39.8 Å². The van der Waals surface area contributed by atoms with Gasteiger partial charge in [-0.2, -0.15) is 28.3 Å². The molecular weight excluding hydrogens is 521 g/mol. The fourth-order valence-electron chi connectivity index (χ4n) is 3.61. The summed E-state index contributed by atoms with van der Waals surface area (Å²) in [4.78, 5) is 16.1. The molecule has 1 atom stereocenters. The van der Waals surface area contributed by atoms with E-state index < -0.39 is 23.0 Å². The fraction of sp³-hybridized carbons (Fsp3) is 0.308. The normalized spacial score (nSPS) is 17.2. The van der Waals surface area contributed by atoms with Crippen LogP contribution < -0.4 is 14.2 Å². The molecule has 0 fully saturated rings. The maximum atomic E-state index is 13.0. The first-order valence-electron chi connectivity index (χ1n) is 11.7. The van der Waals surface area contributed by atoms with Crippen LogP contribution in [0.5, 0.6) is 17.2 Å². The number of ether oxygens (including phenoxy) is 3. The highest BCUT2D eigenvalue weighted by Crippen LogP contribution is 2.36. The zero-order valence-electron chi connectivity index (χ0n) is 20.8. The number of benzene rings is 2. The number of nitrogens with one attached hydrogen (secondary N) is 1. The molecule has 2 aromatic rings. The van der Waals surface area contributed by atoms with Gasteiger partial charge in [0.1, 0.15) is 19.0 Å². The Hall–Kier alpha value is -3.80. The minimum absolute atomic E-state index is 0.201. The second-order valence-electron chi connectivity index (χ2n) is 8.41. The van der Waals surface area contributed by atoms with Crippen molar-refractivity contribution in [3.05, 3.63) is 59.2 Å². The van der Waals surface area contributed by atoms with Crippen LogP contribution in [0.3, 0.4) is 0 Å². The van der Waals surface area contributed by atoms with Crippen LogP contribution in [0.1, 0.15) is 37.3 Å². The van der Waals surface area contributed by atoms with Crippen molar-refractivity contribution in [1.29, 1.82) is 5.41 Å². The Kier molecular flexibility index (Phi) is 8.10. The Balaban J connectivity index is 1.40. The third-order valence-electron chi connectivity index (χ3n) is 5.87. The van der Waals surface area contributed by atoms with Gasteiger partial charge < -0.3 is 14.2 Å². The molecule has 0 radical (unpaired) electrons. The molecule has 0 saturated carbocycles. The summed E-state index contributed by atoms with van der Waals surface area (Å²) in [6.45, 7) is 4.87. The molecule has 0 aromatic heterocycles. The molecule has 8 nitrogen and oxygen atoms in total. The fourth-order valence-corrected chi connectivity index (χ4v) is 4.36. The molecule has 1 amide bonds. The van der Waals surface area contributed by atoms with Gasteiger partial charge in [0, 0.05) is 0 Å². The second kappa shape index (κ2) is 11.3. The van der Waals surface area contributed by atoms with Crippen molar-refractivity contribution in [3.63, 3.8) is 0 Å². The van der Waals surface area contributed by atoms with Crippen molar-refractivity contribution in [3.8, 4) is 17.2 Å². The van der Waals surface area contributed by atoms with Crippen LogP contribution in [0, 0.1) is 5.41 Å². The van der Waals surface area contributed by atoms with Gasteiger partial charge in [-0.3, -0.25) is 10.2 Å². The first-order valence-corrected chi connectivity index (χ1v) is 12.5. The Morgan fingerprint density at radius 1 is 1.11 bits per heavy atom. The molecular formula is C26H25F3N4O4S. The topological polar surface area (TPSA) is 96.6 Å². The van der Waals surface area contributed by atoms with E-state index in [9.17, 15) is 18.0 Å². The SMILES string of the molecule is CC[C@H](C)c1ccc(OCCOc2ccc(/C=C3\C(=N)N4N=C(C(F)(F)F)SC4=NC3=O)cc2OC)cc1. The van der Waals surface area contributed by atoms with Gasteiger partial charge in [0.25, 0.3) is 5.91 Å². The lowest BCUT2D eigenvalue weighted by Gasteiger charge is -2.20. The maximum absolute atomic E-state index is 13.0. The van der Waals surface area contributed by atoms with Gasteiger partial charge >= 0.3 is 6.18 Å². The number of hydrogen-bond donors (Lipinski definition) is 1. The molecule has 38 heavy (non-hydrogen) atoms. The number of carbonyl (C=O) groups is 1. The molecule has 0 aliphatic carbocycles. The number of carbonyl (C=O) groups excluding carboxylic acids is 1. The first-order chi connectivity index (χ1) is 18.1. The van der Waals surface area contributed by atoms with Gasteiger partial charge in [-0.15, -0.1) is 0 Å². The molecule has 2 aliphatic heterocycles. The molecule has 0 saturated heterocycles. The number of rotatable bonds is 9. The van der Waals surface area contributed by atoms with Crippen molar-refractivity contribution in [2.24, 2.45) is 10.1 Å². The summed E-state index contributed by atoms with van der Waals surface area (Å²) < 4.78 is 55.9. The molecule has 0 bridgehead atoms. The average Bonchev–Trinajstić information content (AvgIpc) is 3.34. The summed E-state index contributed by atoms with van der Waals surface area (Å²) >= 11 is 0.201. The number of hydrogen-bond acceptors (Lipinski definition) is 7. The van der Waals surface area contributed by atoms with Crippen molar-refractivity contribution in [1.82, 2.24) is 5.01 Å². The zero-order valence-corrected chi connectivity index (χ0v) is 21.7. The number of fused-ring (bicyclic) bond motifs is 1. The molecule has 12 heteroatoms. The number of alkyl halides is 3. The number of nitrogens with zero attached hydrogens (tertiary/aromatic N) is 3. The number of aliphatic imine (C=N–C) groups is 1. The van der Waals surface area contributed by atoms with Gasteiger partial charge in [0.2, 0.25) is 10.2 Å². The summed E-state index contributed by atoms with van der Waals surface area (Å²) in [5.74, 6) is 0.696. The quantitative estimate of drug-likeness (QED) is 0.313. The number of amidine groups is 2. The van der Waals surface area contributed by atoms with E-state index in [1.165, 1.54) is 18.7 Å². The monoisotopic (exact) mass is 546 g/mol. The predicted octanol–water partition coefficient (Wildman–Crippen LogP) is 5.85. The van der Waals surface area contributed by atoms with E-state index >= 15 is 0 Å². The number of thioether (sulfide) groups is 1. The minimum Gasteiger partial charge on any atom is -0.493 e. The number of amides is 1. The third-order valence-corrected chi connectivity index (χ3v) is 6.82. The average molecular weight is 547 g/mol. The van der Waals surface area contributed by atoms with E-state index in [4.69, 9.17) is 19.6 Å². The smallest absolute Gasteiger partial charge is 0.441 e. The Labute approximate surface area is 221 Å². The lowest BCUT2D eigenvalue weighted by atomic mass is 9.99. The van der Waals surface area contributed by atoms with E-state index in [1.54, 1.807) is 18.2 Å². The largest absolute Gasteiger partial charge is 0.493 e. The van der Waals surface area contributed by atoms with Crippen molar-refractivity contribution in [2.75, 3.05) is 20.3 Å². The lowest BCUT2D eigenvalue weighted by molar-refractivity contribution is -0.114. The van der Waals surface area contributed by atoms with Crippen LogP contribution in [0.4, 0.5) is 13.2 Å².